The molecule has 1 aromatic rings. The van der Waals surface area contributed by atoms with E-state index in [9.17, 15) is 9.59 Å². The van der Waals surface area contributed by atoms with Crippen LogP contribution in [0.4, 0.5) is 5.69 Å². The number of carbonyl (C=O) groups excluding carboxylic acids is 2. The SMILES string of the molecule is O=C(CN1C(=O)COc2ccccc21)N1CCN(C2CCCC2)CC1. The zero-order valence-electron chi connectivity index (χ0n) is 14.5. The van der Waals surface area contributed by atoms with Gasteiger partial charge in [-0.1, -0.05) is 25.0 Å². The van der Waals surface area contributed by atoms with Crippen LogP contribution in [-0.2, 0) is 9.59 Å². The summed E-state index contributed by atoms with van der Waals surface area (Å²) in [6.07, 6.45) is 5.27. The van der Waals surface area contributed by atoms with Crippen molar-refractivity contribution in [2.75, 3.05) is 44.2 Å². The number of hydrogen-bond acceptors (Lipinski definition) is 4. The maximum absolute atomic E-state index is 12.7. The van der Waals surface area contributed by atoms with Gasteiger partial charge in [0.15, 0.2) is 6.61 Å². The molecule has 6 heteroatoms. The van der Waals surface area contributed by atoms with Gasteiger partial charge in [-0.25, -0.2) is 0 Å². The lowest BCUT2D eigenvalue weighted by Gasteiger charge is -2.39. The molecule has 2 fully saturated rings. The summed E-state index contributed by atoms with van der Waals surface area (Å²) in [6.45, 7) is 3.52. The van der Waals surface area contributed by atoms with E-state index in [0.29, 0.717) is 17.5 Å². The van der Waals surface area contributed by atoms with Crippen LogP contribution >= 0.6 is 0 Å². The number of rotatable bonds is 3. The van der Waals surface area contributed by atoms with E-state index in [0.717, 1.165) is 26.2 Å². The summed E-state index contributed by atoms with van der Waals surface area (Å²) in [5.74, 6) is 0.536. The number of anilines is 1. The molecule has 3 aliphatic rings. The monoisotopic (exact) mass is 343 g/mol. The summed E-state index contributed by atoms with van der Waals surface area (Å²) in [5.41, 5.74) is 0.691. The Kier molecular flexibility index (Phi) is 4.61. The number of carbonyl (C=O) groups is 2. The van der Waals surface area contributed by atoms with Crippen LogP contribution in [0.3, 0.4) is 0 Å². The molecule has 0 bridgehead atoms. The Bertz CT molecular complexity index is 649. The zero-order chi connectivity index (χ0) is 17.2. The number of piperazine rings is 1. The number of fused-ring (bicyclic) bond motifs is 1. The van der Waals surface area contributed by atoms with E-state index in [1.165, 1.54) is 25.7 Å². The lowest BCUT2D eigenvalue weighted by molar-refractivity contribution is -0.133. The molecule has 2 heterocycles. The second-order valence-electron chi connectivity index (χ2n) is 7.09. The van der Waals surface area contributed by atoms with Gasteiger partial charge in [-0.15, -0.1) is 0 Å². The first-order valence-electron chi connectivity index (χ1n) is 9.26. The van der Waals surface area contributed by atoms with Crippen molar-refractivity contribution in [1.29, 1.82) is 0 Å². The molecule has 0 spiro atoms. The Morgan fingerprint density at radius 1 is 1.08 bits per heavy atom. The third-order valence-corrected chi connectivity index (χ3v) is 5.61. The molecule has 2 amide bonds. The minimum atomic E-state index is -0.156. The fourth-order valence-corrected chi connectivity index (χ4v) is 4.17. The van der Waals surface area contributed by atoms with Crippen molar-refractivity contribution in [2.24, 2.45) is 0 Å². The third-order valence-electron chi connectivity index (χ3n) is 5.61. The van der Waals surface area contributed by atoms with Crippen molar-refractivity contribution in [3.63, 3.8) is 0 Å². The Morgan fingerprint density at radius 2 is 1.80 bits per heavy atom. The van der Waals surface area contributed by atoms with E-state index < -0.39 is 0 Å². The highest BCUT2D eigenvalue weighted by molar-refractivity contribution is 6.02. The van der Waals surface area contributed by atoms with Crippen LogP contribution in [0.25, 0.3) is 0 Å². The van der Waals surface area contributed by atoms with Gasteiger partial charge in [-0.3, -0.25) is 19.4 Å². The number of para-hydroxylation sites is 2. The van der Waals surface area contributed by atoms with Gasteiger partial charge in [0, 0.05) is 32.2 Å². The summed E-state index contributed by atoms with van der Waals surface area (Å²) in [6, 6.07) is 8.11. The smallest absolute Gasteiger partial charge is 0.265 e. The Morgan fingerprint density at radius 3 is 2.56 bits per heavy atom. The van der Waals surface area contributed by atoms with Crippen LogP contribution in [0.15, 0.2) is 24.3 Å². The van der Waals surface area contributed by atoms with E-state index in [-0.39, 0.29) is 25.0 Å². The van der Waals surface area contributed by atoms with Crippen molar-refractivity contribution >= 4 is 17.5 Å². The van der Waals surface area contributed by atoms with Crippen LogP contribution in [-0.4, -0.2) is 67.0 Å². The molecule has 2 aliphatic heterocycles. The van der Waals surface area contributed by atoms with Gasteiger partial charge in [-0.05, 0) is 25.0 Å². The lowest BCUT2D eigenvalue weighted by atomic mass is 10.1. The average molecular weight is 343 g/mol. The highest BCUT2D eigenvalue weighted by Gasteiger charge is 2.31. The van der Waals surface area contributed by atoms with E-state index in [1.54, 1.807) is 4.90 Å². The molecule has 6 nitrogen and oxygen atoms in total. The van der Waals surface area contributed by atoms with E-state index in [2.05, 4.69) is 4.90 Å². The summed E-state index contributed by atoms with van der Waals surface area (Å²) in [7, 11) is 0. The van der Waals surface area contributed by atoms with Gasteiger partial charge in [0.05, 0.1) is 5.69 Å². The number of benzene rings is 1. The fraction of sp³-hybridized carbons (Fsp3) is 0.579. The molecule has 1 saturated carbocycles. The molecule has 1 aromatic carbocycles. The van der Waals surface area contributed by atoms with Gasteiger partial charge >= 0.3 is 0 Å². The molecule has 0 aromatic heterocycles. The average Bonchev–Trinajstić information content (AvgIpc) is 3.19. The topological polar surface area (TPSA) is 53.1 Å². The summed E-state index contributed by atoms with van der Waals surface area (Å²) < 4.78 is 5.44. The molecular weight excluding hydrogens is 318 g/mol. The first-order valence-corrected chi connectivity index (χ1v) is 9.26. The Labute approximate surface area is 148 Å². The minimum Gasteiger partial charge on any atom is -0.482 e. The molecule has 25 heavy (non-hydrogen) atoms. The number of ether oxygens (including phenoxy) is 1. The van der Waals surface area contributed by atoms with Gasteiger partial charge in [0.1, 0.15) is 12.3 Å². The van der Waals surface area contributed by atoms with Crippen LogP contribution in [0, 0.1) is 0 Å². The standard InChI is InChI=1S/C19H25N3O3/c23-18(21-11-9-20(10-12-21)15-5-1-2-6-15)13-22-16-7-3-4-8-17(16)25-14-19(22)24/h3-4,7-8,15H,1-2,5-6,9-14H2. The highest BCUT2D eigenvalue weighted by Crippen LogP contribution is 2.31. The van der Waals surface area contributed by atoms with Crippen molar-refractivity contribution < 1.29 is 14.3 Å². The van der Waals surface area contributed by atoms with Crippen molar-refractivity contribution in [2.45, 2.75) is 31.7 Å². The molecule has 4 rings (SSSR count). The maximum Gasteiger partial charge on any atom is 0.265 e. The van der Waals surface area contributed by atoms with Crippen molar-refractivity contribution in [3.8, 4) is 5.75 Å². The van der Waals surface area contributed by atoms with Gasteiger partial charge < -0.3 is 9.64 Å². The van der Waals surface area contributed by atoms with E-state index >= 15 is 0 Å². The first-order chi connectivity index (χ1) is 12.2. The summed E-state index contributed by atoms with van der Waals surface area (Å²) >= 11 is 0. The number of hydrogen-bond donors (Lipinski definition) is 0. The number of amides is 2. The summed E-state index contributed by atoms with van der Waals surface area (Å²) in [4.78, 5) is 30.9. The molecule has 0 radical (unpaired) electrons. The van der Waals surface area contributed by atoms with E-state index in [4.69, 9.17) is 4.74 Å². The molecule has 1 saturated heterocycles. The molecular formula is C19H25N3O3. The van der Waals surface area contributed by atoms with Gasteiger partial charge in [-0.2, -0.15) is 0 Å². The largest absolute Gasteiger partial charge is 0.482 e. The number of nitrogens with zero attached hydrogens (tertiary/aromatic N) is 3. The molecule has 134 valence electrons. The maximum atomic E-state index is 12.7. The van der Waals surface area contributed by atoms with Gasteiger partial charge in [0.2, 0.25) is 5.91 Å². The van der Waals surface area contributed by atoms with Crippen LogP contribution in [0.5, 0.6) is 5.75 Å². The van der Waals surface area contributed by atoms with Crippen molar-refractivity contribution in [1.82, 2.24) is 9.80 Å². The van der Waals surface area contributed by atoms with Gasteiger partial charge in [0.25, 0.3) is 5.91 Å². The highest BCUT2D eigenvalue weighted by atomic mass is 16.5. The lowest BCUT2D eigenvalue weighted by Crippen LogP contribution is -2.54. The second-order valence-corrected chi connectivity index (χ2v) is 7.09. The zero-order valence-corrected chi connectivity index (χ0v) is 14.5. The molecule has 0 unspecified atom stereocenters. The second kappa shape index (κ2) is 7.04. The summed E-state index contributed by atoms with van der Waals surface area (Å²) in [5, 5.41) is 0. The van der Waals surface area contributed by atoms with Crippen LogP contribution in [0.2, 0.25) is 0 Å². The fourth-order valence-electron chi connectivity index (χ4n) is 4.17. The third kappa shape index (κ3) is 3.35. The van der Waals surface area contributed by atoms with Crippen molar-refractivity contribution in [3.05, 3.63) is 24.3 Å². The first kappa shape index (κ1) is 16.4. The van der Waals surface area contributed by atoms with E-state index in [1.807, 2.05) is 29.2 Å². The molecule has 1 aliphatic carbocycles. The Balaban J connectivity index is 1.37. The normalized spacial score (nSPS) is 22.0. The predicted molar refractivity (Wildman–Crippen MR) is 94.7 cm³/mol. The van der Waals surface area contributed by atoms with Crippen LogP contribution in [0.1, 0.15) is 25.7 Å². The quantitative estimate of drug-likeness (QED) is 0.835. The minimum absolute atomic E-state index is 0.000247. The van der Waals surface area contributed by atoms with Crippen LogP contribution < -0.4 is 9.64 Å². The molecule has 0 atom stereocenters. The molecule has 0 N–H and O–H groups in total. The Hall–Kier alpha value is -2.08. The predicted octanol–water partition coefficient (Wildman–Crippen LogP) is 1.50.